The van der Waals surface area contributed by atoms with Crippen molar-refractivity contribution in [1.82, 2.24) is 15.2 Å². The van der Waals surface area contributed by atoms with E-state index in [-0.39, 0.29) is 11.4 Å². The molecule has 0 spiro atoms. The Balaban J connectivity index is 1.32. The molecule has 0 bridgehead atoms. The molecule has 2 aromatic rings. The number of aromatic nitrogens is 1. The van der Waals surface area contributed by atoms with E-state index in [1.54, 1.807) is 0 Å². The lowest BCUT2D eigenvalue weighted by atomic mass is 9.79. The minimum Gasteiger partial charge on any atom is -0.441 e. The van der Waals surface area contributed by atoms with Crippen LogP contribution in [0.25, 0.3) is 11.1 Å². The number of carbonyl (C=O) groups excluding carboxylic acids is 1. The summed E-state index contributed by atoms with van der Waals surface area (Å²) in [7, 11) is 0. The van der Waals surface area contributed by atoms with E-state index in [0.29, 0.717) is 6.54 Å². The summed E-state index contributed by atoms with van der Waals surface area (Å²) < 4.78 is 11.3. The van der Waals surface area contributed by atoms with Crippen molar-refractivity contribution in [3.63, 3.8) is 0 Å². The van der Waals surface area contributed by atoms with Gasteiger partial charge in [-0.1, -0.05) is 31.4 Å². The van der Waals surface area contributed by atoms with Gasteiger partial charge in [0, 0.05) is 26.1 Å². The molecular formula is C21H29N3O3. The molecule has 0 atom stereocenters. The van der Waals surface area contributed by atoms with Gasteiger partial charge >= 0.3 is 0 Å². The zero-order valence-electron chi connectivity index (χ0n) is 15.9. The van der Waals surface area contributed by atoms with E-state index >= 15 is 0 Å². The maximum Gasteiger partial charge on any atom is 0.240 e. The molecule has 1 saturated carbocycles. The number of hydrogen-bond acceptors (Lipinski definition) is 5. The molecule has 1 aliphatic carbocycles. The molecule has 6 heteroatoms. The van der Waals surface area contributed by atoms with E-state index in [9.17, 15) is 4.79 Å². The number of morpholine rings is 1. The monoisotopic (exact) mass is 371 g/mol. The molecule has 2 aliphatic rings. The zero-order valence-corrected chi connectivity index (χ0v) is 15.9. The standard InChI is InChI=1S/C21H29N3O3/c25-20(21(10-4-1-5-11-21)24-13-15-26-16-14-24)22-12-6-9-19-23-17-7-2-3-8-18(17)27-19/h2-3,7-8H,1,4-6,9-16H2,(H,22,25). The number of aryl methyl sites for hydroxylation is 1. The molecule has 0 radical (unpaired) electrons. The predicted octanol–water partition coefficient (Wildman–Crippen LogP) is 2.91. The first-order valence-electron chi connectivity index (χ1n) is 10.2. The van der Waals surface area contributed by atoms with Crippen molar-refractivity contribution in [2.75, 3.05) is 32.8 Å². The van der Waals surface area contributed by atoms with Gasteiger partial charge in [-0.25, -0.2) is 4.98 Å². The van der Waals surface area contributed by atoms with E-state index in [4.69, 9.17) is 9.15 Å². The van der Waals surface area contributed by atoms with Gasteiger partial charge in [0.1, 0.15) is 11.1 Å². The fraction of sp³-hybridized carbons (Fsp3) is 0.619. The number of oxazole rings is 1. The highest BCUT2D eigenvalue weighted by Crippen LogP contribution is 2.34. The highest BCUT2D eigenvalue weighted by molar-refractivity contribution is 5.86. The number of amides is 1. The van der Waals surface area contributed by atoms with Gasteiger partial charge in [-0.15, -0.1) is 0 Å². The number of ether oxygens (including phenoxy) is 1. The second-order valence-corrected chi connectivity index (χ2v) is 7.63. The highest BCUT2D eigenvalue weighted by atomic mass is 16.5. The Bertz CT molecular complexity index is 728. The molecule has 1 aromatic heterocycles. The van der Waals surface area contributed by atoms with E-state index in [1.807, 2.05) is 24.3 Å². The topological polar surface area (TPSA) is 67.6 Å². The van der Waals surface area contributed by atoms with E-state index < -0.39 is 0 Å². The molecule has 2 heterocycles. The van der Waals surface area contributed by atoms with E-state index in [0.717, 1.165) is 81.8 Å². The van der Waals surface area contributed by atoms with Gasteiger partial charge in [-0.2, -0.15) is 0 Å². The summed E-state index contributed by atoms with van der Waals surface area (Å²) >= 11 is 0. The van der Waals surface area contributed by atoms with Crippen molar-refractivity contribution >= 4 is 17.0 Å². The highest BCUT2D eigenvalue weighted by Gasteiger charge is 2.44. The van der Waals surface area contributed by atoms with E-state index in [1.165, 1.54) is 6.42 Å². The Morgan fingerprint density at radius 3 is 2.70 bits per heavy atom. The van der Waals surface area contributed by atoms with Gasteiger partial charge in [0.2, 0.25) is 5.91 Å². The minimum atomic E-state index is -0.334. The normalized spacial score (nSPS) is 20.6. The van der Waals surface area contributed by atoms with Gasteiger partial charge < -0.3 is 14.5 Å². The Morgan fingerprint density at radius 2 is 1.93 bits per heavy atom. The third-order valence-electron chi connectivity index (χ3n) is 5.91. The first-order valence-corrected chi connectivity index (χ1v) is 10.2. The molecular weight excluding hydrogens is 342 g/mol. The number of para-hydroxylation sites is 2. The number of nitrogens with one attached hydrogen (secondary N) is 1. The van der Waals surface area contributed by atoms with Gasteiger partial charge in [-0.3, -0.25) is 9.69 Å². The third-order valence-corrected chi connectivity index (χ3v) is 5.91. The number of nitrogens with zero attached hydrogens (tertiary/aromatic N) is 2. The maximum absolute atomic E-state index is 13.1. The fourth-order valence-corrected chi connectivity index (χ4v) is 4.45. The molecule has 0 unspecified atom stereocenters. The van der Waals surface area contributed by atoms with Crippen LogP contribution in [0.5, 0.6) is 0 Å². The summed E-state index contributed by atoms with van der Waals surface area (Å²) in [5.74, 6) is 0.938. The van der Waals surface area contributed by atoms with Crippen molar-refractivity contribution in [2.45, 2.75) is 50.5 Å². The predicted molar refractivity (Wildman–Crippen MR) is 104 cm³/mol. The molecule has 1 aromatic carbocycles. The van der Waals surface area contributed by atoms with Crippen LogP contribution >= 0.6 is 0 Å². The Morgan fingerprint density at radius 1 is 1.15 bits per heavy atom. The van der Waals surface area contributed by atoms with Crippen LogP contribution in [0.4, 0.5) is 0 Å². The zero-order chi connectivity index (χ0) is 18.5. The van der Waals surface area contributed by atoms with Crippen LogP contribution < -0.4 is 5.32 Å². The molecule has 146 valence electrons. The SMILES string of the molecule is O=C(NCCCc1nc2ccccc2o1)C1(N2CCOCC2)CCCCC1. The van der Waals surface area contributed by atoms with Crippen molar-refractivity contribution in [2.24, 2.45) is 0 Å². The summed E-state index contributed by atoms with van der Waals surface area (Å²) in [5, 5.41) is 3.20. The summed E-state index contributed by atoms with van der Waals surface area (Å²) in [6.07, 6.45) is 6.99. The van der Waals surface area contributed by atoms with Gasteiger partial charge in [0.05, 0.1) is 13.2 Å². The average molecular weight is 371 g/mol. The summed E-state index contributed by atoms with van der Waals surface area (Å²) in [5.41, 5.74) is 1.38. The average Bonchev–Trinajstić information content (AvgIpc) is 3.15. The molecule has 4 rings (SSSR count). The smallest absolute Gasteiger partial charge is 0.240 e. The van der Waals surface area contributed by atoms with Crippen LogP contribution in [-0.2, 0) is 16.0 Å². The number of fused-ring (bicyclic) bond motifs is 1. The summed E-state index contributed by atoms with van der Waals surface area (Å²) in [6, 6.07) is 7.80. The molecule has 6 nitrogen and oxygen atoms in total. The van der Waals surface area contributed by atoms with Crippen LogP contribution in [0.1, 0.15) is 44.4 Å². The molecule has 1 saturated heterocycles. The molecule has 27 heavy (non-hydrogen) atoms. The van der Waals surface area contributed by atoms with Gasteiger partial charge in [0.15, 0.2) is 11.5 Å². The molecule has 1 amide bonds. The lowest BCUT2D eigenvalue weighted by Crippen LogP contribution is -2.62. The maximum atomic E-state index is 13.1. The van der Waals surface area contributed by atoms with Crippen molar-refractivity contribution in [3.8, 4) is 0 Å². The van der Waals surface area contributed by atoms with Crippen molar-refractivity contribution < 1.29 is 13.9 Å². The largest absolute Gasteiger partial charge is 0.441 e. The number of hydrogen-bond donors (Lipinski definition) is 1. The summed E-state index contributed by atoms with van der Waals surface area (Å²) in [6.45, 7) is 3.83. The quantitative estimate of drug-likeness (QED) is 0.791. The van der Waals surface area contributed by atoms with Gasteiger partial charge in [-0.05, 0) is 31.4 Å². The van der Waals surface area contributed by atoms with Crippen molar-refractivity contribution in [1.29, 1.82) is 0 Å². The van der Waals surface area contributed by atoms with Crippen LogP contribution in [0.3, 0.4) is 0 Å². The number of carbonyl (C=O) groups is 1. The minimum absolute atomic E-state index is 0.196. The van der Waals surface area contributed by atoms with E-state index in [2.05, 4.69) is 15.2 Å². The van der Waals surface area contributed by atoms with Crippen LogP contribution in [0.15, 0.2) is 28.7 Å². The number of benzene rings is 1. The Labute approximate surface area is 160 Å². The van der Waals surface area contributed by atoms with Crippen molar-refractivity contribution in [3.05, 3.63) is 30.2 Å². The van der Waals surface area contributed by atoms with Crippen LogP contribution in [0.2, 0.25) is 0 Å². The summed E-state index contributed by atoms with van der Waals surface area (Å²) in [4.78, 5) is 20.0. The van der Waals surface area contributed by atoms with Crippen LogP contribution in [-0.4, -0.2) is 54.2 Å². The third kappa shape index (κ3) is 4.01. The second-order valence-electron chi connectivity index (χ2n) is 7.63. The Hall–Kier alpha value is -1.92. The van der Waals surface area contributed by atoms with Gasteiger partial charge in [0.25, 0.3) is 0 Å². The second kappa shape index (κ2) is 8.40. The van der Waals surface area contributed by atoms with Crippen LogP contribution in [0, 0.1) is 0 Å². The lowest BCUT2D eigenvalue weighted by Gasteiger charge is -2.46. The molecule has 1 aliphatic heterocycles. The first-order chi connectivity index (χ1) is 13.3. The fourth-order valence-electron chi connectivity index (χ4n) is 4.45. The lowest BCUT2D eigenvalue weighted by molar-refractivity contribution is -0.140. The first kappa shape index (κ1) is 18.4. The molecule has 2 fully saturated rings. The Kier molecular flexibility index (Phi) is 5.74. The molecule has 1 N–H and O–H groups in total. The number of rotatable bonds is 6.